The first-order chi connectivity index (χ1) is 18.4. The second-order valence-electron chi connectivity index (χ2n) is 9.41. The van der Waals surface area contributed by atoms with Crippen molar-refractivity contribution in [3.8, 4) is 11.1 Å². The third-order valence-corrected chi connectivity index (χ3v) is 10.1. The summed E-state index contributed by atoms with van der Waals surface area (Å²) in [6.45, 7) is 1.90. The molecule has 200 valence electrons. The minimum atomic E-state index is -1.10. The number of rotatable bonds is 9. The van der Waals surface area contributed by atoms with Crippen molar-refractivity contribution >= 4 is 49.8 Å². The molecule has 8 heteroatoms. The Hall–Kier alpha value is -3.24. The van der Waals surface area contributed by atoms with E-state index < -0.39 is 26.2 Å². The Morgan fingerprint density at radius 1 is 1.03 bits per heavy atom. The van der Waals surface area contributed by atoms with Gasteiger partial charge in [-0.25, -0.2) is 0 Å². The van der Waals surface area contributed by atoms with Crippen LogP contribution in [0.25, 0.3) is 11.1 Å². The van der Waals surface area contributed by atoms with Gasteiger partial charge in [0.05, 0.1) is 0 Å². The van der Waals surface area contributed by atoms with Crippen molar-refractivity contribution in [3.05, 3.63) is 83.9 Å². The SMILES string of the molecule is CI(C)N1CCCC(OC(=O)Nc2cc(CCC(=O)Nc3ccc(C=O)cc3)ccc2-c2ccccc2)C1. The van der Waals surface area contributed by atoms with Crippen LogP contribution in [-0.4, -0.2) is 50.5 Å². The van der Waals surface area contributed by atoms with Gasteiger partial charge in [0.25, 0.3) is 0 Å². The van der Waals surface area contributed by atoms with Crippen LogP contribution >= 0.6 is 20.1 Å². The molecule has 0 radical (unpaired) electrons. The molecule has 0 spiro atoms. The molecule has 38 heavy (non-hydrogen) atoms. The number of amides is 2. The van der Waals surface area contributed by atoms with Gasteiger partial charge in [-0.3, -0.25) is 9.59 Å². The predicted octanol–water partition coefficient (Wildman–Crippen LogP) is 6.43. The summed E-state index contributed by atoms with van der Waals surface area (Å²) in [5.41, 5.74) is 4.68. The molecule has 2 amide bonds. The zero-order chi connectivity index (χ0) is 26.9. The van der Waals surface area contributed by atoms with E-state index in [1.54, 1.807) is 24.3 Å². The Morgan fingerprint density at radius 2 is 1.79 bits per heavy atom. The number of halogens is 1. The minimum absolute atomic E-state index is 0.101. The van der Waals surface area contributed by atoms with E-state index in [-0.39, 0.29) is 18.4 Å². The van der Waals surface area contributed by atoms with Crippen molar-refractivity contribution < 1.29 is 19.1 Å². The number of anilines is 2. The maximum atomic E-state index is 12.9. The third kappa shape index (κ3) is 7.88. The van der Waals surface area contributed by atoms with E-state index in [4.69, 9.17) is 4.74 Å². The number of ether oxygens (including phenoxy) is 1. The van der Waals surface area contributed by atoms with E-state index in [2.05, 4.69) is 23.6 Å². The van der Waals surface area contributed by atoms with Crippen LogP contribution in [0.4, 0.5) is 16.2 Å². The number of hydrogen-bond donors (Lipinski definition) is 2. The molecule has 4 rings (SSSR count). The monoisotopic (exact) mass is 627 g/mol. The first kappa shape index (κ1) is 27.8. The van der Waals surface area contributed by atoms with Crippen molar-refractivity contribution in [3.63, 3.8) is 0 Å². The number of nitrogens with zero attached hydrogens (tertiary/aromatic N) is 1. The molecule has 1 saturated heterocycles. The van der Waals surface area contributed by atoms with E-state index in [1.165, 1.54) is 0 Å². The van der Waals surface area contributed by atoms with E-state index >= 15 is 0 Å². The number of carbonyl (C=O) groups excluding carboxylic acids is 3. The standard InChI is InChI=1S/C30H34IN3O4/c1-31(2)34-18-6-9-26(20-34)38-30(37)33-28-19-22(12-16-27(28)24-7-4-3-5-8-24)13-17-29(36)32-25-14-10-23(21-35)11-15-25/h3-5,7-8,10-12,14-16,19,21,26H,6,9,13,17-18,20H2,1-2H3,(H,32,36)(H,33,37). The van der Waals surface area contributed by atoms with Crippen molar-refractivity contribution in [1.82, 2.24) is 3.11 Å². The van der Waals surface area contributed by atoms with Crippen molar-refractivity contribution in [2.24, 2.45) is 0 Å². The summed E-state index contributed by atoms with van der Waals surface area (Å²) in [6, 6.07) is 22.5. The molecule has 3 aromatic rings. The Bertz CT molecular complexity index is 1250. The fourth-order valence-corrected chi connectivity index (χ4v) is 6.97. The van der Waals surface area contributed by atoms with Crippen LogP contribution in [0.15, 0.2) is 72.8 Å². The van der Waals surface area contributed by atoms with Gasteiger partial charge in [0, 0.05) is 11.3 Å². The molecule has 1 aliphatic rings. The zero-order valence-corrected chi connectivity index (χ0v) is 23.9. The fourth-order valence-electron chi connectivity index (χ4n) is 4.43. The second-order valence-corrected chi connectivity index (χ2v) is 14.9. The average molecular weight is 628 g/mol. The molecule has 1 unspecified atom stereocenters. The Morgan fingerprint density at radius 3 is 2.50 bits per heavy atom. The molecule has 1 heterocycles. The predicted molar refractivity (Wildman–Crippen MR) is 161 cm³/mol. The van der Waals surface area contributed by atoms with Crippen LogP contribution in [0.1, 0.15) is 35.2 Å². The maximum absolute atomic E-state index is 12.9. The molecule has 0 saturated carbocycles. The van der Waals surface area contributed by atoms with Crippen LogP contribution in [0, 0.1) is 0 Å². The normalized spacial score (nSPS) is 15.8. The molecule has 0 bridgehead atoms. The van der Waals surface area contributed by atoms with Crippen LogP contribution in [0.3, 0.4) is 0 Å². The summed E-state index contributed by atoms with van der Waals surface area (Å²) < 4.78 is 8.32. The van der Waals surface area contributed by atoms with Gasteiger partial charge in [-0.15, -0.1) is 0 Å². The number of aldehydes is 1. The molecule has 1 atom stereocenters. The van der Waals surface area contributed by atoms with Crippen molar-refractivity contribution in [2.75, 3.05) is 33.6 Å². The Kier molecular flexibility index (Phi) is 9.89. The summed E-state index contributed by atoms with van der Waals surface area (Å²) in [4.78, 5) is 40.9. The first-order valence-electron chi connectivity index (χ1n) is 12.7. The van der Waals surface area contributed by atoms with Crippen LogP contribution < -0.4 is 10.6 Å². The van der Waals surface area contributed by atoms with Gasteiger partial charge in [-0.1, -0.05) is 0 Å². The molecular formula is C30H34IN3O4. The molecule has 1 fully saturated rings. The van der Waals surface area contributed by atoms with Gasteiger partial charge in [0.15, 0.2) is 0 Å². The van der Waals surface area contributed by atoms with Crippen molar-refractivity contribution in [2.45, 2.75) is 31.8 Å². The molecular weight excluding hydrogens is 593 g/mol. The van der Waals surface area contributed by atoms with E-state index in [0.29, 0.717) is 23.4 Å². The molecule has 7 nitrogen and oxygen atoms in total. The third-order valence-electron chi connectivity index (χ3n) is 6.46. The van der Waals surface area contributed by atoms with Crippen LogP contribution in [-0.2, 0) is 16.0 Å². The summed E-state index contributed by atoms with van der Waals surface area (Å²) in [5, 5.41) is 5.84. The molecule has 3 aromatic carbocycles. The number of hydrogen-bond acceptors (Lipinski definition) is 5. The summed E-state index contributed by atoms with van der Waals surface area (Å²) in [7, 11) is 0. The number of benzene rings is 3. The molecule has 1 aliphatic heterocycles. The van der Waals surface area contributed by atoms with Gasteiger partial charge < -0.3 is 5.32 Å². The molecule has 0 aromatic heterocycles. The quantitative estimate of drug-likeness (QED) is 0.124. The van der Waals surface area contributed by atoms with E-state index in [9.17, 15) is 14.4 Å². The summed E-state index contributed by atoms with van der Waals surface area (Å²) >= 11 is -1.10. The molecule has 0 aliphatic carbocycles. The fraction of sp³-hybridized carbons (Fsp3) is 0.300. The zero-order valence-electron chi connectivity index (χ0n) is 21.8. The second kappa shape index (κ2) is 13.5. The van der Waals surface area contributed by atoms with Gasteiger partial charge in [-0.2, -0.15) is 0 Å². The van der Waals surface area contributed by atoms with Gasteiger partial charge >= 0.3 is 176 Å². The van der Waals surface area contributed by atoms with Crippen LogP contribution in [0.5, 0.6) is 0 Å². The number of carbonyl (C=O) groups is 3. The Labute approximate surface area is 231 Å². The van der Waals surface area contributed by atoms with Crippen LogP contribution in [0.2, 0.25) is 0 Å². The number of aryl methyl sites for hydroxylation is 1. The van der Waals surface area contributed by atoms with Gasteiger partial charge in [-0.05, 0) is 24.3 Å². The molecule has 2 N–H and O–H groups in total. The van der Waals surface area contributed by atoms with E-state index in [0.717, 1.165) is 48.9 Å². The topological polar surface area (TPSA) is 87.7 Å². The number of nitrogens with one attached hydrogen (secondary N) is 2. The van der Waals surface area contributed by atoms with E-state index in [1.807, 2.05) is 48.5 Å². The number of alkyl halides is 2. The number of piperidine rings is 1. The Balaban J connectivity index is 1.43. The van der Waals surface area contributed by atoms with Gasteiger partial charge in [0.1, 0.15) is 6.29 Å². The van der Waals surface area contributed by atoms with Gasteiger partial charge in [0.2, 0.25) is 0 Å². The van der Waals surface area contributed by atoms with Crippen molar-refractivity contribution in [1.29, 1.82) is 0 Å². The summed E-state index contributed by atoms with van der Waals surface area (Å²) in [5.74, 6) is -0.124. The average Bonchev–Trinajstić information content (AvgIpc) is 2.93. The summed E-state index contributed by atoms with van der Waals surface area (Å²) in [6.07, 6.45) is 2.93. The first-order valence-corrected chi connectivity index (χ1v) is 18.0.